The quantitative estimate of drug-likeness (QED) is 0.698. The Hall–Kier alpha value is -1.22. The summed E-state index contributed by atoms with van der Waals surface area (Å²) in [5.41, 5.74) is 0.712. The lowest BCUT2D eigenvalue weighted by molar-refractivity contribution is -0.112. The van der Waals surface area contributed by atoms with E-state index in [4.69, 9.17) is 11.6 Å². The van der Waals surface area contributed by atoms with Gasteiger partial charge in [-0.05, 0) is 6.07 Å². The Morgan fingerprint density at radius 3 is 2.83 bits per heavy atom. The average molecular weight is 185 g/mol. The molecule has 0 bridgehead atoms. The Kier molecular flexibility index (Phi) is 2.55. The van der Waals surface area contributed by atoms with Crippen LogP contribution >= 0.6 is 11.6 Å². The molecule has 0 fully saturated rings. The predicted molar refractivity (Wildman–Crippen MR) is 49.0 cm³/mol. The molecule has 4 heteroatoms. The van der Waals surface area contributed by atoms with Crippen molar-refractivity contribution in [2.24, 2.45) is 7.05 Å². The van der Waals surface area contributed by atoms with Gasteiger partial charge in [-0.1, -0.05) is 18.2 Å². The molecule has 0 aliphatic rings. The second-order valence-corrected chi connectivity index (χ2v) is 2.88. The fraction of sp³-hybridized carbons (Fsp3) is 0.125. The third kappa shape index (κ3) is 2.13. The van der Waals surface area contributed by atoms with Gasteiger partial charge < -0.3 is 9.88 Å². The number of aromatic nitrogens is 1. The minimum absolute atomic E-state index is 0.0150. The molecule has 1 rings (SSSR count). The van der Waals surface area contributed by atoms with Crippen molar-refractivity contribution >= 4 is 23.2 Å². The van der Waals surface area contributed by atoms with Crippen molar-refractivity contribution < 1.29 is 4.79 Å². The summed E-state index contributed by atoms with van der Waals surface area (Å²) in [6.07, 6.45) is 3.60. The molecular weight excluding hydrogens is 176 g/mol. The van der Waals surface area contributed by atoms with Gasteiger partial charge in [0.15, 0.2) is 0 Å². The first-order chi connectivity index (χ1) is 5.59. The van der Waals surface area contributed by atoms with Gasteiger partial charge in [0.05, 0.1) is 10.7 Å². The molecule has 0 aliphatic heterocycles. The maximum atomic E-state index is 11.0. The van der Waals surface area contributed by atoms with Gasteiger partial charge in [0.25, 0.3) is 5.91 Å². The van der Waals surface area contributed by atoms with E-state index < -0.39 is 0 Å². The molecule has 12 heavy (non-hydrogen) atoms. The lowest BCUT2D eigenvalue weighted by atomic mass is 10.5. The molecule has 0 spiro atoms. The van der Waals surface area contributed by atoms with E-state index in [-0.39, 0.29) is 10.9 Å². The standard InChI is InChI=1S/C8H9ClN2O/c1-6(9)8(12)10-7-3-4-11(2)5-7/h3-5H,1H2,2H3,(H,10,12). The molecule has 0 saturated heterocycles. The molecular formula is C8H9ClN2O. The monoisotopic (exact) mass is 184 g/mol. The molecule has 0 aliphatic carbocycles. The number of carbonyl (C=O) groups excluding carboxylic acids is 1. The van der Waals surface area contributed by atoms with E-state index in [1.165, 1.54) is 0 Å². The molecule has 1 aromatic rings. The van der Waals surface area contributed by atoms with Gasteiger partial charge in [-0.15, -0.1) is 0 Å². The summed E-state index contributed by atoms with van der Waals surface area (Å²) in [5.74, 6) is -0.372. The zero-order valence-electron chi connectivity index (χ0n) is 6.67. The number of hydrogen-bond donors (Lipinski definition) is 1. The van der Waals surface area contributed by atoms with Crippen LogP contribution in [0, 0.1) is 0 Å². The third-order valence-electron chi connectivity index (χ3n) is 1.34. The first-order valence-corrected chi connectivity index (χ1v) is 3.75. The summed E-state index contributed by atoms with van der Waals surface area (Å²) >= 11 is 5.37. The smallest absolute Gasteiger partial charge is 0.266 e. The van der Waals surface area contributed by atoms with Crippen LogP contribution in [0.1, 0.15) is 0 Å². The molecule has 0 aromatic carbocycles. The van der Waals surface area contributed by atoms with Gasteiger partial charge in [-0.2, -0.15) is 0 Å². The summed E-state index contributed by atoms with van der Waals surface area (Å²) < 4.78 is 1.83. The fourth-order valence-corrected chi connectivity index (χ4v) is 0.823. The van der Waals surface area contributed by atoms with Crippen molar-refractivity contribution in [2.75, 3.05) is 5.32 Å². The lowest BCUT2D eigenvalue weighted by Crippen LogP contribution is -2.09. The van der Waals surface area contributed by atoms with Gasteiger partial charge in [0, 0.05) is 19.4 Å². The van der Waals surface area contributed by atoms with E-state index in [1.54, 1.807) is 12.3 Å². The Bertz CT molecular complexity index is 317. The highest BCUT2D eigenvalue weighted by molar-refractivity contribution is 6.43. The maximum absolute atomic E-state index is 11.0. The number of carbonyl (C=O) groups is 1. The molecule has 0 saturated carbocycles. The highest BCUT2D eigenvalue weighted by Crippen LogP contribution is 2.08. The number of nitrogens with zero attached hydrogens (tertiary/aromatic N) is 1. The normalized spacial score (nSPS) is 9.50. The third-order valence-corrected chi connectivity index (χ3v) is 1.51. The van der Waals surface area contributed by atoms with Crippen molar-refractivity contribution in [3.63, 3.8) is 0 Å². The largest absolute Gasteiger partial charge is 0.355 e. The molecule has 64 valence electrons. The number of aryl methyl sites for hydroxylation is 1. The number of rotatable bonds is 2. The summed E-state index contributed by atoms with van der Waals surface area (Å²) in [5, 5.41) is 2.56. The zero-order valence-corrected chi connectivity index (χ0v) is 7.43. The SMILES string of the molecule is C=C(Cl)C(=O)Nc1ccn(C)c1. The van der Waals surface area contributed by atoms with Crippen LogP contribution in [0.4, 0.5) is 5.69 Å². The highest BCUT2D eigenvalue weighted by atomic mass is 35.5. The lowest BCUT2D eigenvalue weighted by Gasteiger charge is -1.98. The number of nitrogens with one attached hydrogen (secondary N) is 1. The van der Waals surface area contributed by atoms with Crippen LogP contribution in [0.25, 0.3) is 0 Å². The van der Waals surface area contributed by atoms with Gasteiger partial charge >= 0.3 is 0 Å². The van der Waals surface area contributed by atoms with E-state index in [9.17, 15) is 4.79 Å². The minimum atomic E-state index is -0.372. The maximum Gasteiger partial charge on any atom is 0.266 e. The van der Waals surface area contributed by atoms with Crippen LogP contribution in [0.3, 0.4) is 0 Å². The molecule has 1 N–H and O–H groups in total. The molecule has 1 aromatic heterocycles. The van der Waals surface area contributed by atoms with Crippen molar-refractivity contribution in [3.8, 4) is 0 Å². The van der Waals surface area contributed by atoms with E-state index >= 15 is 0 Å². The van der Waals surface area contributed by atoms with Crippen LogP contribution in [0.5, 0.6) is 0 Å². The van der Waals surface area contributed by atoms with Crippen LogP contribution < -0.4 is 5.32 Å². The van der Waals surface area contributed by atoms with Gasteiger partial charge in [0.2, 0.25) is 0 Å². The van der Waals surface area contributed by atoms with Crippen LogP contribution in [-0.4, -0.2) is 10.5 Å². The van der Waals surface area contributed by atoms with E-state index in [1.807, 2.05) is 17.8 Å². The van der Waals surface area contributed by atoms with Crippen molar-refractivity contribution in [3.05, 3.63) is 30.1 Å². The molecule has 1 heterocycles. The summed E-state index contributed by atoms with van der Waals surface area (Å²) in [6, 6.07) is 1.78. The van der Waals surface area contributed by atoms with Gasteiger partial charge in [-0.25, -0.2) is 0 Å². The summed E-state index contributed by atoms with van der Waals surface area (Å²) in [6.45, 7) is 3.30. The molecule has 1 amide bonds. The van der Waals surface area contributed by atoms with E-state index in [0.717, 1.165) is 0 Å². The number of halogens is 1. The fourth-order valence-electron chi connectivity index (χ4n) is 0.776. The van der Waals surface area contributed by atoms with Crippen molar-refractivity contribution in [1.82, 2.24) is 4.57 Å². The van der Waals surface area contributed by atoms with Crippen LogP contribution in [-0.2, 0) is 11.8 Å². The van der Waals surface area contributed by atoms with E-state index in [0.29, 0.717) is 5.69 Å². The Labute approximate surface area is 75.6 Å². The summed E-state index contributed by atoms with van der Waals surface area (Å²) in [7, 11) is 1.87. The first-order valence-electron chi connectivity index (χ1n) is 3.37. The topological polar surface area (TPSA) is 34.0 Å². The summed E-state index contributed by atoms with van der Waals surface area (Å²) in [4.78, 5) is 11.0. The Morgan fingerprint density at radius 1 is 1.75 bits per heavy atom. The second kappa shape index (κ2) is 3.45. The Morgan fingerprint density at radius 2 is 2.42 bits per heavy atom. The van der Waals surface area contributed by atoms with Crippen LogP contribution in [0.15, 0.2) is 30.1 Å². The van der Waals surface area contributed by atoms with E-state index in [2.05, 4.69) is 11.9 Å². The predicted octanol–water partition coefficient (Wildman–Crippen LogP) is 1.72. The highest BCUT2D eigenvalue weighted by Gasteiger charge is 2.03. The van der Waals surface area contributed by atoms with Gasteiger partial charge in [0.1, 0.15) is 0 Å². The first kappa shape index (κ1) is 8.87. The minimum Gasteiger partial charge on any atom is -0.355 e. The molecule has 0 atom stereocenters. The molecule has 3 nitrogen and oxygen atoms in total. The van der Waals surface area contributed by atoms with Crippen molar-refractivity contribution in [2.45, 2.75) is 0 Å². The van der Waals surface area contributed by atoms with Gasteiger partial charge in [-0.3, -0.25) is 4.79 Å². The Balaban J connectivity index is 2.64. The van der Waals surface area contributed by atoms with Crippen LogP contribution in [0.2, 0.25) is 0 Å². The average Bonchev–Trinajstić information content (AvgIpc) is 2.35. The zero-order chi connectivity index (χ0) is 9.14. The number of hydrogen-bond acceptors (Lipinski definition) is 1. The molecule has 0 radical (unpaired) electrons. The van der Waals surface area contributed by atoms with Crippen molar-refractivity contribution in [1.29, 1.82) is 0 Å². The molecule has 0 unspecified atom stereocenters. The second-order valence-electron chi connectivity index (χ2n) is 2.42. The number of anilines is 1. The number of amides is 1.